The lowest BCUT2D eigenvalue weighted by Crippen LogP contribution is -2.52. The Morgan fingerprint density at radius 2 is 2.05 bits per heavy atom. The van der Waals surface area contributed by atoms with Crippen LogP contribution in [0.4, 0.5) is 0 Å². The summed E-state index contributed by atoms with van der Waals surface area (Å²) in [6.07, 6.45) is 2.98. The number of rotatable bonds is 5. The lowest BCUT2D eigenvalue weighted by atomic mass is 10.0. The number of hydrogen-bond acceptors (Lipinski definition) is 2. The molecule has 0 bridgehead atoms. The molecule has 0 saturated carbocycles. The van der Waals surface area contributed by atoms with E-state index in [1.807, 2.05) is 6.07 Å². The van der Waals surface area contributed by atoms with Crippen LogP contribution in [-0.4, -0.2) is 34.0 Å². The van der Waals surface area contributed by atoms with E-state index in [-0.39, 0.29) is 5.91 Å². The van der Waals surface area contributed by atoms with Crippen molar-refractivity contribution in [3.63, 3.8) is 0 Å². The maximum atomic E-state index is 12.1. The van der Waals surface area contributed by atoms with Crippen LogP contribution < -0.4 is 0 Å². The highest BCUT2D eigenvalue weighted by molar-refractivity contribution is 6.30. The van der Waals surface area contributed by atoms with Crippen molar-refractivity contribution >= 4 is 29.6 Å². The molecule has 1 amide bonds. The van der Waals surface area contributed by atoms with E-state index in [0.29, 0.717) is 11.6 Å². The first kappa shape index (κ1) is 16.2. The minimum atomic E-state index is -1.25. The standard InChI is InChI=1S/C15H18ClNO3/c1-4-17(15(2,3)14(19)20)13(18)9-8-11-6-5-7-12(16)10-11/h5-10H,4H2,1-3H3,(H,19,20). The molecule has 0 fully saturated rings. The zero-order valence-electron chi connectivity index (χ0n) is 11.8. The molecule has 4 nitrogen and oxygen atoms in total. The quantitative estimate of drug-likeness (QED) is 0.849. The van der Waals surface area contributed by atoms with Crippen LogP contribution >= 0.6 is 11.6 Å². The maximum absolute atomic E-state index is 12.1. The van der Waals surface area contributed by atoms with E-state index < -0.39 is 11.5 Å². The number of likely N-dealkylation sites (N-methyl/N-ethyl adjacent to an activating group) is 1. The fraction of sp³-hybridized carbons (Fsp3) is 0.333. The fourth-order valence-electron chi connectivity index (χ4n) is 1.81. The molecule has 1 rings (SSSR count). The zero-order chi connectivity index (χ0) is 15.3. The Labute approximate surface area is 123 Å². The number of nitrogens with zero attached hydrogens (tertiary/aromatic N) is 1. The van der Waals surface area contributed by atoms with Gasteiger partial charge in [0.05, 0.1) is 0 Å². The molecule has 1 aromatic carbocycles. The second-order valence-corrected chi connectivity index (χ2v) is 5.27. The van der Waals surface area contributed by atoms with Crippen LogP contribution in [0.2, 0.25) is 5.02 Å². The zero-order valence-corrected chi connectivity index (χ0v) is 12.5. The summed E-state index contributed by atoms with van der Waals surface area (Å²) in [5, 5.41) is 9.76. The molecular formula is C15H18ClNO3. The van der Waals surface area contributed by atoms with Gasteiger partial charge in [0.1, 0.15) is 5.54 Å². The number of hydrogen-bond donors (Lipinski definition) is 1. The molecule has 0 aromatic heterocycles. The summed E-state index contributed by atoms with van der Waals surface area (Å²) >= 11 is 5.86. The van der Waals surface area contributed by atoms with Gasteiger partial charge in [-0.1, -0.05) is 23.7 Å². The molecule has 20 heavy (non-hydrogen) atoms. The van der Waals surface area contributed by atoms with Gasteiger partial charge in [-0.05, 0) is 44.5 Å². The molecule has 0 aliphatic carbocycles. The molecule has 5 heteroatoms. The van der Waals surface area contributed by atoms with Crippen molar-refractivity contribution in [1.29, 1.82) is 0 Å². The normalized spacial score (nSPS) is 11.6. The predicted octanol–water partition coefficient (Wildman–Crippen LogP) is 3.06. The lowest BCUT2D eigenvalue weighted by Gasteiger charge is -2.33. The third-order valence-corrected chi connectivity index (χ3v) is 3.28. The Morgan fingerprint density at radius 3 is 2.55 bits per heavy atom. The van der Waals surface area contributed by atoms with Crippen LogP contribution in [0.15, 0.2) is 30.3 Å². The summed E-state index contributed by atoms with van der Waals surface area (Å²) in [5.74, 6) is -1.39. The smallest absolute Gasteiger partial charge is 0.329 e. The van der Waals surface area contributed by atoms with Gasteiger partial charge in [-0.2, -0.15) is 0 Å². The third kappa shape index (κ3) is 3.84. The molecule has 1 N–H and O–H groups in total. The average molecular weight is 296 g/mol. The van der Waals surface area contributed by atoms with E-state index >= 15 is 0 Å². The summed E-state index contributed by atoms with van der Waals surface area (Å²) in [6, 6.07) is 7.07. The molecule has 0 spiro atoms. The number of carbonyl (C=O) groups excluding carboxylic acids is 1. The largest absolute Gasteiger partial charge is 0.480 e. The topological polar surface area (TPSA) is 57.6 Å². The summed E-state index contributed by atoms with van der Waals surface area (Å²) < 4.78 is 0. The minimum Gasteiger partial charge on any atom is -0.480 e. The number of aliphatic carboxylic acids is 1. The van der Waals surface area contributed by atoms with Gasteiger partial charge in [-0.15, -0.1) is 0 Å². The maximum Gasteiger partial charge on any atom is 0.329 e. The van der Waals surface area contributed by atoms with E-state index in [9.17, 15) is 14.7 Å². The Kier molecular flexibility index (Phi) is 5.34. The molecule has 0 aliphatic rings. The molecule has 0 saturated heterocycles. The molecule has 0 radical (unpaired) electrons. The minimum absolute atomic E-state index is 0.317. The van der Waals surface area contributed by atoms with Crippen LogP contribution in [0, 0.1) is 0 Å². The number of carboxylic acids is 1. The van der Waals surface area contributed by atoms with Gasteiger partial charge in [0.15, 0.2) is 0 Å². The Hall–Kier alpha value is -1.81. The van der Waals surface area contributed by atoms with Crippen molar-refractivity contribution in [2.45, 2.75) is 26.3 Å². The van der Waals surface area contributed by atoms with Crippen molar-refractivity contribution in [2.24, 2.45) is 0 Å². The van der Waals surface area contributed by atoms with Crippen LogP contribution in [0.3, 0.4) is 0 Å². The number of halogens is 1. The monoisotopic (exact) mass is 295 g/mol. The van der Waals surface area contributed by atoms with Crippen molar-refractivity contribution in [3.05, 3.63) is 40.9 Å². The molecule has 0 aliphatic heterocycles. The SMILES string of the molecule is CCN(C(=O)C=Cc1cccc(Cl)c1)C(C)(C)C(=O)O. The molecular weight excluding hydrogens is 278 g/mol. The van der Waals surface area contributed by atoms with E-state index in [1.165, 1.54) is 24.8 Å². The molecule has 108 valence electrons. The summed E-state index contributed by atoms with van der Waals surface area (Å²) in [4.78, 5) is 24.6. The van der Waals surface area contributed by atoms with Crippen molar-refractivity contribution in [2.75, 3.05) is 6.54 Å². The van der Waals surface area contributed by atoms with Crippen molar-refractivity contribution < 1.29 is 14.7 Å². The first-order chi connectivity index (χ1) is 9.28. The molecule has 0 unspecified atom stereocenters. The van der Waals surface area contributed by atoms with E-state index in [4.69, 9.17) is 11.6 Å². The van der Waals surface area contributed by atoms with E-state index in [0.717, 1.165) is 5.56 Å². The molecule has 1 aromatic rings. The molecule has 0 heterocycles. The second-order valence-electron chi connectivity index (χ2n) is 4.84. The first-order valence-electron chi connectivity index (χ1n) is 6.27. The van der Waals surface area contributed by atoms with Gasteiger partial charge >= 0.3 is 5.97 Å². The summed E-state index contributed by atoms with van der Waals surface area (Å²) in [7, 11) is 0. The highest BCUT2D eigenvalue weighted by atomic mass is 35.5. The predicted molar refractivity (Wildman–Crippen MR) is 79.6 cm³/mol. The number of carboxylic acid groups (broad SMARTS) is 1. The van der Waals surface area contributed by atoms with E-state index in [2.05, 4.69) is 0 Å². The Bertz CT molecular complexity index is 538. The highest BCUT2D eigenvalue weighted by Crippen LogP contribution is 2.16. The van der Waals surface area contributed by atoms with Crippen LogP contribution in [-0.2, 0) is 9.59 Å². The molecule has 0 atom stereocenters. The lowest BCUT2D eigenvalue weighted by molar-refractivity contribution is -0.154. The van der Waals surface area contributed by atoms with Gasteiger partial charge in [-0.3, -0.25) is 4.79 Å². The van der Waals surface area contributed by atoms with Crippen molar-refractivity contribution in [3.8, 4) is 0 Å². The van der Waals surface area contributed by atoms with Gasteiger partial charge in [0.25, 0.3) is 0 Å². The Morgan fingerprint density at radius 1 is 1.40 bits per heavy atom. The summed E-state index contributed by atoms with van der Waals surface area (Å²) in [5.41, 5.74) is -0.458. The van der Waals surface area contributed by atoms with Crippen LogP contribution in [0.1, 0.15) is 26.3 Å². The van der Waals surface area contributed by atoms with Gasteiger partial charge < -0.3 is 10.0 Å². The van der Waals surface area contributed by atoms with Gasteiger partial charge in [-0.25, -0.2) is 4.79 Å². The number of benzene rings is 1. The van der Waals surface area contributed by atoms with Gasteiger partial charge in [0.2, 0.25) is 5.91 Å². The van der Waals surface area contributed by atoms with E-state index in [1.54, 1.807) is 31.2 Å². The van der Waals surface area contributed by atoms with Crippen LogP contribution in [0.25, 0.3) is 6.08 Å². The third-order valence-electron chi connectivity index (χ3n) is 3.05. The fourth-order valence-corrected chi connectivity index (χ4v) is 2.01. The van der Waals surface area contributed by atoms with Crippen molar-refractivity contribution in [1.82, 2.24) is 4.90 Å². The second kappa shape index (κ2) is 6.57. The average Bonchev–Trinajstić information content (AvgIpc) is 2.36. The highest BCUT2D eigenvalue weighted by Gasteiger charge is 2.35. The number of amides is 1. The Balaban J connectivity index is 2.91. The first-order valence-corrected chi connectivity index (χ1v) is 6.65. The number of carbonyl (C=O) groups is 2. The van der Waals surface area contributed by atoms with Gasteiger partial charge in [0, 0.05) is 17.6 Å². The summed E-state index contributed by atoms with van der Waals surface area (Å²) in [6.45, 7) is 5.07. The van der Waals surface area contributed by atoms with Crippen LogP contribution in [0.5, 0.6) is 0 Å².